The molecule has 1 heterocycles. The van der Waals surface area contributed by atoms with E-state index < -0.39 is 24.5 Å². The number of aliphatic hydroxyl groups excluding tert-OH is 1. The van der Waals surface area contributed by atoms with Crippen LogP contribution >= 0.6 is 0 Å². The first kappa shape index (κ1) is 15.4. The molecule has 0 unspecified atom stereocenters. The van der Waals surface area contributed by atoms with E-state index in [4.69, 9.17) is 4.74 Å². The number of hydrogen-bond acceptors (Lipinski definition) is 5. The van der Waals surface area contributed by atoms with Crippen LogP contribution < -0.4 is 10.7 Å². The maximum atomic E-state index is 12.0. The first-order chi connectivity index (χ1) is 10.2. The Hall–Kier alpha value is -1.96. The predicted octanol–water partition coefficient (Wildman–Crippen LogP) is -0.859. The summed E-state index contributed by atoms with van der Waals surface area (Å²) >= 11 is 0. The van der Waals surface area contributed by atoms with Gasteiger partial charge in [-0.15, -0.1) is 0 Å². The highest BCUT2D eigenvalue weighted by molar-refractivity contribution is 5.97. The van der Waals surface area contributed by atoms with Crippen LogP contribution in [0.15, 0.2) is 30.3 Å². The van der Waals surface area contributed by atoms with Crippen molar-refractivity contribution in [1.29, 1.82) is 0 Å². The first-order valence-corrected chi connectivity index (χ1v) is 6.80. The summed E-state index contributed by atoms with van der Waals surface area (Å²) in [6.45, 7) is 1.78. The highest BCUT2D eigenvalue weighted by Crippen LogP contribution is 1.99. The van der Waals surface area contributed by atoms with Gasteiger partial charge in [0, 0.05) is 18.7 Å². The molecular weight excluding hydrogens is 274 g/mol. The Bertz CT molecular complexity index is 474. The molecular formula is C14H19N3O4. The number of ether oxygens (including phenoxy) is 1. The van der Waals surface area contributed by atoms with Crippen molar-refractivity contribution in [2.24, 2.45) is 0 Å². The minimum atomic E-state index is -0.986. The number of rotatable bonds is 5. The van der Waals surface area contributed by atoms with Crippen molar-refractivity contribution in [3.63, 3.8) is 0 Å². The molecule has 2 rings (SSSR count). The lowest BCUT2D eigenvalue weighted by atomic mass is 10.2. The van der Waals surface area contributed by atoms with Gasteiger partial charge in [-0.05, 0) is 12.1 Å². The second-order valence-electron chi connectivity index (χ2n) is 4.65. The first-order valence-electron chi connectivity index (χ1n) is 6.80. The molecule has 0 saturated carbocycles. The molecule has 0 aliphatic carbocycles. The molecule has 7 heteroatoms. The van der Waals surface area contributed by atoms with E-state index in [-0.39, 0.29) is 0 Å². The van der Waals surface area contributed by atoms with E-state index in [1.807, 2.05) is 0 Å². The van der Waals surface area contributed by atoms with Crippen molar-refractivity contribution in [1.82, 2.24) is 15.8 Å². The number of morpholine rings is 1. The number of nitrogens with one attached hydrogen (secondary N) is 2. The summed E-state index contributed by atoms with van der Waals surface area (Å²) in [4.78, 5) is 24.0. The molecule has 0 radical (unpaired) electrons. The summed E-state index contributed by atoms with van der Waals surface area (Å²) in [7, 11) is 0. The van der Waals surface area contributed by atoms with E-state index in [9.17, 15) is 14.7 Å². The molecule has 3 N–H and O–H groups in total. The fourth-order valence-electron chi connectivity index (χ4n) is 1.93. The maximum Gasteiger partial charge on any atom is 0.259 e. The van der Waals surface area contributed by atoms with Crippen molar-refractivity contribution in [3.8, 4) is 0 Å². The van der Waals surface area contributed by atoms with Gasteiger partial charge in [-0.25, -0.2) is 5.01 Å². The Morgan fingerprint density at radius 2 is 1.90 bits per heavy atom. The number of hydrazine groups is 1. The van der Waals surface area contributed by atoms with Crippen molar-refractivity contribution in [3.05, 3.63) is 35.9 Å². The molecule has 114 valence electrons. The summed E-state index contributed by atoms with van der Waals surface area (Å²) in [6, 6.07) is 7.56. The quantitative estimate of drug-likeness (QED) is 0.657. The van der Waals surface area contributed by atoms with Crippen LogP contribution in [0.5, 0.6) is 0 Å². The lowest BCUT2D eigenvalue weighted by Crippen LogP contribution is -2.56. The van der Waals surface area contributed by atoms with Gasteiger partial charge in [-0.2, -0.15) is 0 Å². The van der Waals surface area contributed by atoms with Gasteiger partial charge in [-0.3, -0.25) is 15.0 Å². The van der Waals surface area contributed by atoms with E-state index >= 15 is 0 Å². The highest BCUT2D eigenvalue weighted by atomic mass is 16.5. The van der Waals surface area contributed by atoms with Crippen LogP contribution in [0.25, 0.3) is 0 Å². The second kappa shape index (κ2) is 7.72. The normalized spacial score (nSPS) is 17.0. The zero-order valence-corrected chi connectivity index (χ0v) is 11.6. The van der Waals surface area contributed by atoms with Crippen LogP contribution in [0, 0.1) is 0 Å². The van der Waals surface area contributed by atoms with E-state index in [1.54, 1.807) is 35.3 Å². The third kappa shape index (κ3) is 4.52. The van der Waals surface area contributed by atoms with Crippen molar-refractivity contribution in [2.45, 2.75) is 6.04 Å². The van der Waals surface area contributed by atoms with Gasteiger partial charge >= 0.3 is 0 Å². The number of benzene rings is 1. The zero-order valence-electron chi connectivity index (χ0n) is 11.6. The van der Waals surface area contributed by atoms with Gasteiger partial charge < -0.3 is 15.2 Å². The topological polar surface area (TPSA) is 90.9 Å². The third-order valence-corrected chi connectivity index (χ3v) is 3.12. The molecule has 0 bridgehead atoms. The molecule has 1 aliphatic heterocycles. The van der Waals surface area contributed by atoms with Crippen molar-refractivity contribution in [2.75, 3.05) is 32.9 Å². The number of nitrogens with zero attached hydrogens (tertiary/aromatic N) is 1. The molecule has 1 fully saturated rings. The van der Waals surface area contributed by atoms with Gasteiger partial charge in [0.2, 0.25) is 0 Å². The second-order valence-corrected chi connectivity index (χ2v) is 4.65. The minimum Gasteiger partial charge on any atom is -0.394 e. The lowest BCUT2D eigenvalue weighted by Gasteiger charge is -2.28. The predicted molar refractivity (Wildman–Crippen MR) is 75.3 cm³/mol. The zero-order chi connectivity index (χ0) is 15.1. The standard InChI is InChI=1S/C14H19N3O4/c18-10-12(14(20)16-17-6-8-21-9-7-17)15-13(19)11-4-2-1-3-5-11/h1-5,12,18H,6-10H2,(H,15,19)(H,16,20)/t12-/m0/s1. The molecule has 1 saturated heterocycles. The smallest absolute Gasteiger partial charge is 0.259 e. The Morgan fingerprint density at radius 3 is 2.52 bits per heavy atom. The van der Waals surface area contributed by atoms with Crippen LogP contribution in [-0.2, 0) is 9.53 Å². The third-order valence-electron chi connectivity index (χ3n) is 3.12. The Kier molecular flexibility index (Phi) is 5.68. The van der Waals surface area contributed by atoms with Crippen LogP contribution in [0.3, 0.4) is 0 Å². The maximum absolute atomic E-state index is 12.0. The molecule has 1 aromatic carbocycles. The number of amides is 2. The SMILES string of the molecule is O=C(N[C@@H](CO)C(=O)NN1CCOCC1)c1ccccc1. The number of hydrogen-bond donors (Lipinski definition) is 3. The molecule has 1 aliphatic rings. The summed E-state index contributed by atoms with van der Waals surface area (Å²) in [6.07, 6.45) is 0. The van der Waals surface area contributed by atoms with E-state index in [0.717, 1.165) is 0 Å². The molecule has 21 heavy (non-hydrogen) atoms. The van der Waals surface area contributed by atoms with Crippen LogP contribution in [-0.4, -0.2) is 60.9 Å². The molecule has 0 spiro atoms. The van der Waals surface area contributed by atoms with Gasteiger partial charge in [-0.1, -0.05) is 18.2 Å². The monoisotopic (exact) mass is 293 g/mol. The average Bonchev–Trinajstić information content (AvgIpc) is 2.54. The number of aliphatic hydroxyl groups is 1. The number of carbonyl (C=O) groups is 2. The van der Waals surface area contributed by atoms with Gasteiger partial charge in [0.05, 0.1) is 19.8 Å². The average molecular weight is 293 g/mol. The van der Waals surface area contributed by atoms with Crippen LogP contribution in [0.4, 0.5) is 0 Å². The van der Waals surface area contributed by atoms with Crippen molar-refractivity contribution >= 4 is 11.8 Å². The fraction of sp³-hybridized carbons (Fsp3) is 0.429. The van der Waals surface area contributed by atoms with Crippen LogP contribution in [0.2, 0.25) is 0 Å². The van der Waals surface area contributed by atoms with E-state index in [0.29, 0.717) is 31.9 Å². The molecule has 1 atom stereocenters. The lowest BCUT2D eigenvalue weighted by molar-refractivity contribution is -0.130. The van der Waals surface area contributed by atoms with Gasteiger partial charge in [0.25, 0.3) is 11.8 Å². The van der Waals surface area contributed by atoms with Crippen molar-refractivity contribution < 1.29 is 19.4 Å². The molecule has 2 amide bonds. The summed E-state index contributed by atoms with van der Waals surface area (Å²) < 4.78 is 5.18. The number of carbonyl (C=O) groups excluding carboxylic acids is 2. The molecule has 0 aromatic heterocycles. The molecule has 1 aromatic rings. The summed E-state index contributed by atoms with van der Waals surface area (Å²) in [5.74, 6) is -0.838. The van der Waals surface area contributed by atoms with E-state index in [1.165, 1.54) is 0 Å². The Balaban J connectivity index is 1.89. The fourth-order valence-corrected chi connectivity index (χ4v) is 1.93. The Morgan fingerprint density at radius 1 is 1.24 bits per heavy atom. The largest absolute Gasteiger partial charge is 0.394 e. The summed E-state index contributed by atoms with van der Waals surface area (Å²) in [5, 5.41) is 13.5. The van der Waals surface area contributed by atoms with Gasteiger partial charge in [0.1, 0.15) is 6.04 Å². The minimum absolute atomic E-state index is 0.397. The molecule has 7 nitrogen and oxygen atoms in total. The van der Waals surface area contributed by atoms with Gasteiger partial charge in [0.15, 0.2) is 0 Å². The Labute approximate surface area is 122 Å². The van der Waals surface area contributed by atoms with Crippen LogP contribution in [0.1, 0.15) is 10.4 Å². The van der Waals surface area contributed by atoms with E-state index in [2.05, 4.69) is 10.7 Å². The summed E-state index contributed by atoms with van der Waals surface area (Å²) in [5.41, 5.74) is 3.11. The highest BCUT2D eigenvalue weighted by Gasteiger charge is 2.23.